The van der Waals surface area contributed by atoms with Crippen molar-refractivity contribution in [3.63, 3.8) is 0 Å². The van der Waals surface area contributed by atoms with Gasteiger partial charge in [-0.05, 0) is 50.5 Å². The molecule has 0 saturated heterocycles. The average Bonchev–Trinajstić information content (AvgIpc) is 3.56. The summed E-state index contributed by atoms with van der Waals surface area (Å²) in [5, 5.41) is 13.4. The highest BCUT2D eigenvalue weighted by molar-refractivity contribution is 7.89. The van der Waals surface area contributed by atoms with Crippen molar-refractivity contribution in [3.8, 4) is 0 Å². The Kier molecular flexibility index (Phi) is 6.63. The van der Waals surface area contributed by atoms with Crippen molar-refractivity contribution in [1.82, 2.24) is 19.8 Å². The van der Waals surface area contributed by atoms with Gasteiger partial charge in [-0.2, -0.15) is 9.40 Å². The lowest BCUT2D eigenvalue weighted by Crippen LogP contribution is -2.40. The lowest BCUT2D eigenvalue weighted by Gasteiger charge is -2.30. The quantitative estimate of drug-likeness (QED) is 0.420. The van der Waals surface area contributed by atoms with Gasteiger partial charge in [-0.25, -0.2) is 17.2 Å². The smallest absolute Gasteiger partial charge is 0.257 e. The number of carbonyl (C=O) groups excluding carboxylic acids is 1. The SMILES string of the molecule is CC1(C)c2[nH]nc(NC(=O)c3ccccc3CNC3CCCC3)c2CN1S(=O)(=O)c1cc(F)cc(F)c1. The van der Waals surface area contributed by atoms with Gasteiger partial charge < -0.3 is 10.6 Å². The molecule has 0 bridgehead atoms. The third-order valence-electron chi connectivity index (χ3n) is 7.26. The summed E-state index contributed by atoms with van der Waals surface area (Å²) in [5.74, 6) is -2.10. The molecule has 2 aliphatic rings. The highest BCUT2D eigenvalue weighted by Gasteiger charge is 2.48. The minimum absolute atomic E-state index is 0.125. The van der Waals surface area contributed by atoms with E-state index in [4.69, 9.17) is 0 Å². The fraction of sp³-hybridized carbons (Fsp3) is 0.385. The van der Waals surface area contributed by atoms with Crippen LogP contribution in [0.3, 0.4) is 0 Å². The predicted octanol–water partition coefficient (Wildman–Crippen LogP) is 4.41. The first-order chi connectivity index (χ1) is 17.6. The van der Waals surface area contributed by atoms with Gasteiger partial charge in [0.1, 0.15) is 11.6 Å². The van der Waals surface area contributed by atoms with Crippen LogP contribution in [0.2, 0.25) is 0 Å². The van der Waals surface area contributed by atoms with Crippen molar-refractivity contribution in [3.05, 3.63) is 76.5 Å². The van der Waals surface area contributed by atoms with Gasteiger partial charge in [0.2, 0.25) is 10.0 Å². The molecule has 0 spiro atoms. The zero-order valence-corrected chi connectivity index (χ0v) is 21.5. The third-order valence-corrected chi connectivity index (χ3v) is 9.26. The number of aromatic amines is 1. The van der Waals surface area contributed by atoms with E-state index < -0.39 is 32.1 Å². The largest absolute Gasteiger partial charge is 0.310 e. The van der Waals surface area contributed by atoms with Gasteiger partial charge in [0, 0.05) is 36.3 Å². The molecular weight excluding hydrogens is 500 g/mol. The Balaban J connectivity index is 1.38. The first-order valence-electron chi connectivity index (χ1n) is 12.3. The number of halogens is 2. The number of aromatic nitrogens is 2. The summed E-state index contributed by atoms with van der Waals surface area (Å²) < 4.78 is 55.5. The summed E-state index contributed by atoms with van der Waals surface area (Å²) in [4.78, 5) is 12.8. The number of fused-ring (bicyclic) bond motifs is 1. The van der Waals surface area contributed by atoms with E-state index in [1.54, 1.807) is 26.0 Å². The van der Waals surface area contributed by atoms with Gasteiger partial charge in [-0.1, -0.05) is 31.0 Å². The highest BCUT2D eigenvalue weighted by Crippen LogP contribution is 2.44. The molecule has 2 heterocycles. The second kappa shape index (κ2) is 9.62. The lowest BCUT2D eigenvalue weighted by atomic mass is 10.0. The van der Waals surface area contributed by atoms with Crippen molar-refractivity contribution in [1.29, 1.82) is 0 Å². The van der Waals surface area contributed by atoms with Gasteiger partial charge in [0.15, 0.2) is 5.82 Å². The number of rotatable bonds is 7. The number of nitrogens with one attached hydrogen (secondary N) is 3. The molecule has 11 heteroatoms. The molecule has 0 radical (unpaired) electrons. The molecule has 5 rings (SSSR count). The Bertz CT molecular complexity index is 1430. The van der Waals surface area contributed by atoms with Crippen LogP contribution in [0.1, 0.15) is 66.7 Å². The fourth-order valence-corrected chi connectivity index (χ4v) is 7.01. The van der Waals surface area contributed by atoms with Crippen LogP contribution < -0.4 is 10.6 Å². The molecule has 1 aromatic heterocycles. The zero-order chi connectivity index (χ0) is 26.4. The Morgan fingerprint density at radius 1 is 1.14 bits per heavy atom. The standard InChI is InChI=1S/C26H29F2N5O3S/c1-26(2)23-22(15-33(26)37(35,36)20-12-17(27)11-18(28)13-20)24(32-31-23)30-25(34)21-10-6-3-7-16(21)14-29-19-8-4-5-9-19/h3,6-7,10-13,19,29H,4-5,8-9,14-15H2,1-2H3,(H2,30,31,32,34). The highest BCUT2D eigenvalue weighted by atomic mass is 32.2. The van der Waals surface area contributed by atoms with Crippen LogP contribution in [0.25, 0.3) is 0 Å². The molecule has 0 unspecified atom stereocenters. The number of hydrogen-bond acceptors (Lipinski definition) is 5. The van der Waals surface area contributed by atoms with E-state index in [2.05, 4.69) is 20.8 Å². The molecule has 3 N–H and O–H groups in total. The van der Waals surface area contributed by atoms with Crippen LogP contribution in [-0.4, -0.2) is 34.9 Å². The number of H-pyrrole nitrogens is 1. The second-order valence-corrected chi connectivity index (χ2v) is 11.9. The van der Waals surface area contributed by atoms with Crippen molar-refractivity contribution in [2.24, 2.45) is 0 Å². The van der Waals surface area contributed by atoms with E-state index in [0.29, 0.717) is 35.5 Å². The van der Waals surface area contributed by atoms with E-state index in [9.17, 15) is 22.0 Å². The van der Waals surface area contributed by atoms with E-state index in [-0.39, 0.29) is 18.3 Å². The molecule has 1 saturated carbocycles. The number of carbonyl (C=O) groups is 1. The van der Waals surface area contributed by atoms with E-state index in [1.165, 1.54) is 12.8 Å². The molecule has 8 nitrogen and oxygen atoms in total. The van der Waals surface area contributed by atoms with Crippen LogP contribution in [0.5, 0.6) is 0 Å². The number of anilines is 1. The Morgan fingerprint density at radius 3 is 2.51 bits per heavy atom. The van der Waals surface area contributed by atoms with Crippen LogP contribution >= 0.6 is 0 Å². The fourth-order valence-electron chi connectivity index (χ4n) is 5.24. The van der Waals surface area contributed by atoms with Crippen molar-refractivity contribution >= 4 is 21.7 Å². The summed E-state index contributed by atoms with van der Waals surface area (Å²) in [6.07, 6.45) is 4.68. The summed E-state index contributed by atoms with van der Waals surface area (Å²) in [5.41, 5.74) is 1.26. The number of amides is 1. The summed E-state index contributed by atoms with van der Waals surface area (Å²) in [7, 11) is -4.26. The molecule has 0 atom stereocenters. The maximum Gasteiger partial charge on any atom is 0.257 e. The lowest BCUT2D eigenvalue weighted by molar-refractivity contribution is 0.102. The minimum atomic E-state index is -4.26. The molecular formula is C26H29F2N5O3S. The minimum Gasteiger partial charge on any atom is -0.310 e. The summed E-state index contributed by atoms with van der Waals surface area (Å²) in [6, 6.07) is 9.97. The van der Waals surface area contributed by atoms with Crippen LogP contribution in [-0.2, 0) is 28.7 Å². The molecule has 2 aromatic carbocycles. The van der Waals surface area contributed by atoms with Crippen LogP contribution in [0.15, 0.2) is 47.4 Å². The Labute approximate surface area is 214 Å². The molecule has 1 aliphatic heterocycles. The van der Waals surface area contributed by atoms with Crippen molar-refractivity contribution < 1.29 is 22.0 Å². The van der Waals surface area contributed by atoms with E-state index >= 15 is 0 Å². The van der Waals surface area contributed by atoms with Crippen LogP contribution in [0, 0.1) is 11.6 Å². The first kappa shape index (κ1) is 25.5. The normalized spacial score (nSPS) is 17.7. The summed E-state index contributed by atoms with van der Waals surface area (Å²) >= 11 is 0. The van der Waals surface area contributed by atoms with Crippen molar-refractivity contribution in [2.75, 3.05) is 5.32 Å². The zero-order valence-electron chi connectivity index (χ0n) is 20.6. The molecule has 37 heavy (non-hydrogen) atoms. The second-order valence-electron chi connectivity index (χ2n) is 10.1. The van der Waals surface area contributed by atoms with Crippen molar-refractivity contribution in [2.45, 2.75) is 69.1 Å². The van der Waals surface area contributed by atoms with Gasteiger partial charge in [-0.3, -0.25) is 9.89 Å². The maximum absolute atomic E-state index is 13.8. The Hall–Kier alpha value is -3.15. The monoisotopic (exact) mass is 529 g/mol. The topological polar surface area (TPSA) is 107 Å². The van der Waals surface area contributed by atoms with Gasteiger partial charge in [-0.15, -0.1) is 0 Å². The Morgan fingerprint density at radius 2 is 1.81 bits per heavy atom. The van der Waals surface area contributed by atoms with Crippen LogP contribution in [0.4, 0.5) is 14.6 Å². The predicted molar refractivity (Wildman–Crippen MR) is 134 cm³/mol. The molecule has 1 fully saturated rings. The summed E-state index contributed by atoms with van der Waals surface area (Å²) in [6.45, 7) is 3.77. The van der Waals surface area contributed by atoms with Gasteiger partial charge >= 0.3 is 0 Å². The number of hydrogen-bond donors (Lipinski definition) is 3. The van der Waals surface area contributed by atoms with E-state index in [1.807, 2.05) is 12.1 Å². The average molecular weight is 530 g/mol. The number of sulfonamides is 1. The number of nitrogens with zero attached hydrogens (tertiary/aromatic N) is 2. The van der Waals surface area contributed by atoms with Gasteiger partial charge in [0.25, 0.3) is 5.91 Å². The maximum atomic E-state index is 13.8. The first-order valence-corrected chi connectivity index (χ1v) is 13.7. The molecule has 3 aromatic rings. The molecule has 1 amide bonds. The molecule has 1 aliphatic carbocycles. The number of benzene rings is 2. The third kappa shape index (κ3) is 4.78. The van der Waals surface area contributed by atoms with E-state index in [0.717, 1.165) is 34.8 Å². The molecule has 196 valence electrons. The van der Waals surface area contributed by atoms with Gasteiger partial charge in [0.05, 0.1) is 16.1 Å².